The van der Waals surface area contributed by atoms with Gasteiger partial charge >= 0.3 is 10.8 Å². The van der Waals surface area contributed by atoms with Crippen LogP contribution in [0.5, 0.6) is 0 Å². The van der Waals surface area contributed by atoms with E-state index in [0.717, 1.165) is 20.6 Å². The summed E-state index contributed by atoms with van der Waals surface area (Å²) in [4.78, 5) is 34.8. The van der Waals surface area contributed by atoms with Gasteiger partial charge in [-0.2, -0.15) is 0 Å². The smallest absolute Gasteiger partial charge is 0.308 e. The van der Waals surface area contributed by atoms with Crippen LogP contribution in [0.4, 0.5) is 5.69 Å². The molecular weight excluding hydrogens is 431 g/mol. The molecule has 0 atom stereocenters. The molecule has 8 heteroatoms. The highest BCUT2D eigenvalue weighted by molar-refractivity contribution is 14.1. The third-order valence-corrected chi connectivity index (χ3v) is 4.54. The van der Waals surface area contributed by atoms with Crippen LogP contribution < -0.4 is 10.2 Å². The van der Waals surface area contributed by atoms with Crippen LogP contribution in [0.1, 0.15) is 12.1 Å². The number of nitrogens with zero attached hydrogens (tertiary/aromatic N) is 1. The number of esters is 1. The Hall–Kier alpha value is -1.68. The molecule has 23 heavy (non-hydrogen) atoms. The number of rotatable bonds is 6. The quantitative estimate of drug-likeness (QED) is 0.546. The number of halogens is 1. The summed E-state index contributed by atoms with van der Waals surface area (Å²) in [6.45, 7) is 1.71. The van der Waals surface area contributed by atoms with Gasteiger partial charge in [-0.1, -0.05) is 17.4 Å². The van der Waals surface area contributed by atoms with Gasteiger partial charge in [0.05, 0.1) is 6.42 Å². The Labute approximate surface area is 150 Å². The number of hydrogen-bond donors (Lipinski definition) is 1. The van der Waals surface area contributed by atoms with E-state index in [1.807, 2.05) is 18.2 Å². The van der Waals surface area contributed by atoms with Crippen molar-refractivity contribution in [1.82, 2.24) is 4.57 Å². The highest BCUT2D eigenvalue weighted by Gasteiger charge is 2.10. The van der Waals surface area contributed by atoms with Crippen LogP contribution in [-0.4, -0.2) is 23.1 Å². The molecule has 0 radical (unpaired) electrons. The topological polar surface area (TPSA) is 77.4 Å². The number of ether oxygens (including phenoxy) is 1. The summed E-state index contributed by atoms with van der Waals surface area (Å²) >= 11 is 3.24. The van der Waals surface area contributed by atoms with Gasteiger partial charge in [0, 0.05) is 26.9 Å². The highest BCUT2D eigenvalue weighted by atomic mass is 127. The normalized spacial score (nSPS) is 10.3. The van der Waals surface area contributed by atoms with Crippen LogP contribution in [-0.2, 0) is 20.9 Å². The third kappa shape index (κ3) is 5.47. The molecule has 0 bridgehead atoms. The van der Waals surface area contributed by atoms with Crippen molar-refractivity contribution in [2.75, 3.05) is 11.9 Å². The van der Waals surface area contributed by atoms with Gasteiger partial charge in [-0.25, -0.2) is 0 Å². The van der Waals surface area contributed by atoms with Crippen molar-refractivity contribution < 1.29 is 14.3 Å². The maximum Gasteiger partial charge on any atom is 0.308 e. The van der Waals surface area contributed by atoms with Crippen molar-refractivity contribution >= 4 is 51.5 Å². The van der Waals surface area contributed by atoms with Crippen LogP contribution in [0.25, 0.3) is 0 Å². The summed E-state index contributed by atoms with van der Waals surface area (Å²) in [7, 11) is 0. The minimum Gasteiger partial charge on any atom is -0.456 e. The van der Waals surface area contributed by atoms with E-state index in [4.69, 9.17) is 4.74 Å². The zero-order chi connectivity index (χ0) is 16.8. The van der Waals surface area contributed by atoms with Crippen molar-refractivity contribution in [3.63, 3.8) is 0 Å². The van der Waals surface area contributed by atoms with Crippen LogP contribution in [0.15, 0.2) is 34.4 Å². The lowest BCUT2D eigenvalue weighted by Crippen LogP contribution is -2.22. The molecule has 1 heterocycles. The van der Waals surface area contributed by atoms with E-state index in [2.05, 4.69) is 27.9 Å². The van der Waals surface area contributed by atoms with Gasteiger partial charge < -0.3 is 14.6 Å². The van der Waals surface area contributed by atoms with Crippen molar-refractivity contribution in [3.05, 3.63) is 48.6 Å². The number of nitrogens with one attached hydrogen (secondary N) is 1. The predicted molar refractivity (Wildman–Crippen MR) is 96.7 cm³/mol. The van der Waals surface area contributed by atoms with Crippen molar-refractivity contribution in [1.29, 1.82) is 0 Å². The summed E-state index contributed by atoms with van der Waals surface area (Å²) in [5, 5.41) is 4.39. The number of thiazole rings is 1. The lowest BCUT2D eigenvalue weighted by molar-refractivity contribution is -0.147. The van der Waals surface area contributed by atoms with E-state index < -0.39 is 11.9 Å². The molecule has 0 fully saturated rings. The highest BCUT2D eigenvalue weighted by Crippen LogP contribution is 2.12. The van der Waals surface area contributed by atoms with Gasteiger partial charge in [0.25, 0.3) is 5.91 Å². The van der Waals surface area contributed by atoms with E-state index >= 15 is 0 Å². The first-order chi connectivity index (χ1) is 11.0. The molecule has 122 valence electrons. The molecule has 1 amide bonds. The summed E-state index contributed by atoms with van der Waals surface area (Å²) in [5.41, 5.74) is 1.46. The molecule has 6 nitrogen and oxygen atoms in total. The summed E-state index contributed by atoms with van der Waals surface area (Å²) < 4.78 is 7.43. The molecule has 0 aliphatic carbocycles. The molecule has 0 saturated carbocycles. The summed E-state index contributed by atoms with van der Waals surface area (Å²) in [6, 6.07) is 7.30. The minimum absolute atomic E-state index is 0.0496. The number of aromatic nitrogens is 1. The largest absolute Gasteiger partial charge is 0.456 e. The number of aryl methyl sites for hydroxylation is 1. The maximum atomic E-state index is 11.7. The Morgan fingerprint density at radius 1 is 1.39 bits per heavy atom. The van der Waals surface area contributed by atoms with Crippen molar-refractivity contribution in [3.8, 4) is 0 Å². The van der Waals surface area contributed by atoms with E-state index in [9.17, 15) is 14.4 Å². The molecule has 0 aliphatic heterocycles. The Bertz CT molecular complexity index is 769. The van der Waals surface area contributed by atoms with Crippen LogP contribution in [0.2, 0.25) is 0 Å². The number of benzene rings is 1. The zero-order valence-corrected chi connectivity index (χ0v) is 15.3. The minimum atomic E-state index is -0.514. The second kappa shape index (κ2) is 8.25. The van der Waals surface area contributed by atoms with E-state index in [-0.39, 0.29) is 24.4 Å². The van der Waals surface area contributed by atoms with Gasteiger partial charge in [0.15, 0.2) is 6.61 Å². The lowest BCUT2D eigenvalue weighted by Gasteiger charge is -2.07. The van der Waals surface area contributed by atoms with Gasteiger partial charge in [-0.15, -0.1) is 0 Å². The number of anilines is 1. The number of amides is 1. The van der Waals surface area contributed by atoms with E-state index in [1.54, 1.807) is 18.4 Å². The number of carbonyl (C=O) groups is 2. The monoisotopic (exact) mass is 446 g/mol. The van der Waals surface area contributed by atoms with Crippen LogP contribution in [0.3, 0.4) is 0 Å². The maximum absolute atomic E-state index is 11.7. The molecule has 0 saturated heterocycles. The first-order valence-corrected chi connectivity index (χ1v) is 8.77. The Morgan fingerprint density at radius 3 is 2.83 bits per heavy atom. The summed E-state index contributed by atoms with van der Waals surface area (Å²) in [5.74, 6) is -0.912. The van der Waals surface area contributed by atoms with Gasteiger partial charge in [-0.05, 0) is 47.7 Å². The number of carbonyl (C=O) groups excluding carboxylic acids is 2. The van der Waals surface area contributed by atoms with Gasteiger partial charge in [-0.3, -0.25) is 14.4 Å². The average Bonchev–Trinajstić information content (AvgIpc) is 2.82. The summed E-state index contributed by atoms with van der Waals surface area (Å²) in [6.07, 6.45) is 0.0496. The lowest BCUT2D eigenvalue weighted by atomic mass is 10.3. The second-order valence-electron chi connectivity index (χ2n) is 4.76. The fourth-order valence-corrected chi connectivity index (χ4v) is 3.16. The fraction of sp³-hybridized carbons (Fsp3) is 0.267. The van der Waals surface area contributed by atoms with E-state index in [1.165, 1.54) is 4.57 Å². The third-order valence-electron chi connectivity index (χ3n) is 2.99. The predicted octanol–water partition coefficient (Wildman–Crippen LogP) is 2.39. The van der Waals surface area contributed by atoms with Gasteiger partial charge in [0.1, 0.15) is 0 Å². The molecule has 2 aromatic rings. The Kier molecular flexibility index (Phi) is 6.34. The van der Waals surface area contributed by atoms with E-state index in [0.29, 0.717) is 5.69 Å². The fourth-order valence-electron chi connectivity index (χ4n) is 1.86. The molecule has 1 aromatic heterocycles. The molecule has 1 aromatic carbocycles. The molecule has 1 N–H and O–H groups in total. The first kappa shape index (κ1) is 17.7. The molecular formula is C15H15IN2O4S. The SMILES string of the molecule is Cc1csc(=O)n1CCC(=O)OCC(=O)Nc1cccc(I)c1. The van der Waals surface area contributed by atoms with Crippen LogP contribution in [0, 0.1) is 10.5 Å². The average molecular weight is 446 g/mol. The molecule has 0 unspecified atom stereocenters. The second-order valence-corrected chi connectivity index (χ2v) is 6.83. The molecule has 0 spiro atoms. The molecule has 0 aliphatic rings. The van der Waals surface area contributed by atoms with Crippen molar-refractivity contribution in [2.45, 2.75) is 19.9 Å². The molecule has 2 rings (SSSR count). The Morgan fingerprint density at radius 2 is 2.17 bits per heavy atom. The standard InChI is InChI=1S/C15H15IN2O4S/c1-10-9-23-15(21)18(10)6-5-14(20)22-8-13(19)17-12-4-2-3-11(16)7-12/h2-4,7,9H,5-6,8H2,1H3,(H,17,19). The Balaban J connectivity index is 1.76. The first-order valence-electron chi connectivity index (χ1n) is 6.81. The van der Waals surface area contributed by atoms with Crippen molar-refractivity contribution in [2.24, 2.45) is 0 Å². The number of hydrogen-bond acceptors (Lipinski definition) is 5. The zero-order valence-electron chi connectivity index (χ0n) is 12.4. The van der Waals surface area contributed by atoms with Gasteiger partial charge in [0.2, 0.25) is 0 Å². The van der Waals surface area contributed by atoms with Crippen LogP contribution >= 0.6 is 33.9 Å².